The highest BCUT2D eigenvalue weighted by Gasteiger charge is 2.39. The molecule has 0 saturated heterocycles. The van der Waals surface area contributed by atoms with Crippen LogP contribution in [0.2, 0.25) is 0 Å². The highest BCUT2D eigenvalue weighted by molar-refractivity contribution is 5.42. The number of aromatic nitrogens is 3. The molecule has 7 heteroatoms. The van der Waals surface area contributed by atoms with Crippen LogP contribution in [0.3, 0.4) is 0 Å². The molecule has 144 valence electrons. The van der Waals surface area contributed by atoms with Crippen molar-refractivity contribution in [2.24, 2.45) is 5.92 Å². The smallest absolute Gasteiger partial charge is 0.229 e. The molecule has 1 aromatic heterocycles. The maximum Gasteiger partial charge on any atom is 0.229 e. The minimum atomic E-state index is -0.138. The summed E-state index contributed by atoms with van der Waals surface area (Å²) in [7, 11) is 0. The molecule has 6 nitrogen and oxygen atoms in total. The summed E-state index contributed by atoms with van der Waals surface area (Å²) in [5, 5.41) is 6.47. The summed E-state index contributed by atoms with van der Waals surface area (Å²) < 4.78 is 13.9. The Balaban J connectivity index is 1.37. The number of nitrogens with one attached hydrogen (secondary N) is 2. The Morgan fingerprint density at radius 1 is 1.04 bits per heavy atom. The molecule has 0 spiro atoms. The van der Waals surface area contributed by atoms with Crippen molar-refractivity contribution in [2.45, 2.75) is 25.3 Å². The van der Waals surface area contributed by atoms with Gasteiger partial charge in [0, 0.05) is 6.54 Å². The van der Waals surface area contributed by atoms with Crippen LogP contribution in [-0.4, -0.2) is 21.5 Å². The quantitative estimate of drug-likeness (QED) is 0.576. The molecule has 28 heavy (non-hydrogen) atoms. The first-order valence-corrected chi connectivity index (χ1v) is 9.41. The van der Waals surface area contributed by atoms with Crippen molar-refractivity contribution in [3.8, 4) is 0 Å². The van der Waals surface area contributed by atoms with Crippen LogP contribution in [-0.2, 0) is 0 Å². The van der Waals surface area contributed by atoms with Gasteiger partial charge in [-0.1, -0.05) is 48.5 Å². The van der Waals surface area contributed by atoms with Gasteiger partial charge in [0.2, 0.25) is 17.8 Å². The second-order valence-electron chi connectivity index (χ2n) is 7.12. The van der Waals surface area contributed by atoms with Gasteiger partial charge in [-0.05, 0) is 42.4 Å². The highest BCUT2D eigenvalue weighted by Crippen LogP contribution is 2.48. The fourth-order valence-electron chi connectivity index (χ4n) is 3.41. The molecule has 0 amide bonds. The van der Waals surface area contributed by atoms with E-state index in [-0.39, 0.29) is 23.7 Å². The summed E-state index contributed by atoms with van der Waals surface area (Å²) in [5.74, 6) is 1.46. The normalized spacial score (nSPS) is 19.1. The molecule has 2 aromatic carbocycles. The topological polar surface area (TPSA) is 88.8 Å². The molecular formula is C21H23FN6. The fraction of sp³-hybridized carbons (Fsp3) is 0.286. The number of anilines is 3. The molecule has 1 aliphatic carbocycles. The average Bonchev–Trinajstić information content (AvgIpc) is 3.46. The third-order valence-corrected chi connectivity index (χ3v) is 5.05. The Hall–Kier alpha value is -3.22. The molecule has 1 heterocycles. The molecule has 1 fully saturated rings. The monoisotopic (exact) mass is 378 g/mol. The molecule has 1 aliphatic rings. The van der Waals surface area contributed by atoms with Crippen LogP contribution in [0.1, 0.15) is 36.4 Å². The summed E-state index contributed by atoms with van der Waals surface area (Å²) in [6, 6.07) is 17.0. The number of rotatable bonds is 7. The van der Waals surface area contributed by atoms with Crippen LogP contribution < -0.4 is 16.4 Å². The third kappa shape index (κ3) is 4.19. The van der Waals surface area contributed by atoms with Crippen LogP contribution in [0.5, 0.6) is 0 Å². The van der Waals surface area contributed by atoms with Crippen molar-refractivity contribution in [1.82, 2.24) is 15.0 Å². The molecule has 1 saturated carbocycles. The van der Waals surface area contributed by atoms with Gasteiger partial charge in [0.25, 0.3) is 0 Å². The van der Waals surface area contributed by atoms with E-state index in [1.54, 1.807) is 6.07 Å². The first kappa shape index (κ1) is 18.2. The van der Waals surface area contributed by atoms with Crippen molar-refractivity contribution < 1.29 is 4.39 Å². The first-order valence-electron chi connectivity index (χ1n) is 9.41. The minimum Gasteiger partial charge on any atom is -0.368 e. The van der Waals surface area contributed by atoms with Gasteiger partial charge in [-0.15, -0.1) is 0 Å². The van der Waals surface area contributed by atoms with Gasteiger partial charge in [-0.3, -0.25) is 0 Å². The maximum atomic E-state index is 13.9. The number of benzene rings is 2. The number of hydrogen-bond donors (Lipinski definition) is 3. The number of nitrogens with two attached hydrogens (primary N) is 1. The number of nitrogen functional groups attached to an aromatic ring is 1. The molecule has 1 unspecified atom stereocenters. The van der Waals surface area contributed by atoms with E-state index in [1.807, 2.05) is 49.4 Å². The van der Waals surface area contributed by atoms with Crippen molar-refractivity contribution in [1.29, 1.82) is 0 Å². The lowest BCUT2D eigenvalue weighted by atomic mass is 10.1. The van der Waals surface area contributed by atoms with Gasteiger partial charge >= 0.3 is 0 Å². The largest absolute Gasteiger partial charge is 0.368 e. The lowest BCUT2D eigenvalue weighted by Gasteiger charge is -2.15. The van der Waals surface area contributed by atoms with Gasteiger partial charge in [0.1, 0.15) is 5.82 Å². The SMILES string of the molecule is CC(Nc1nc(N)nc(NC[C@@H]2C[C@H]2c2ccccc2F)n1)c1ccccc1. The Labute approximate surface area is 163 Å². The van der Waals surface area contributed by atoms with Gasteiger partial charge < -0.3 is 16.4 Å². The number of halogens is 1. The van der Waals surface area contributed by atoms with Crippen LogP contribution >= 0.6 is 0 Å². The fourth-order valence-corrected chi connectivity index (χ4v) is 3.41. The van der Waals surface area contributed by atoms with Crippen molar-refractivity contribution in [3.05, 3.63) is 71.5 Å². The second-order valence-corrected chi connectivity index (χ2v) is 7.12. The van der Waals surface area contributed by atoms with Crippen molar-refractivity contribution in [3.63, 3.8) is 0 Å². The number of nitrogens with zero attached hydrogens (tertiary/aromatic N) is 3. The van der Waals surface area contributed by atoms with E-state index >= 15 is 0 Å². The molecule has 4 rings (SSSR count). The zero-order valence-corrected chi connectivity index (χ0v) is 15.6. The van der Waals surface area contributed by atoms with Gasteiger partial charge in [-0.2, -0.15) is 15.0 Å². The number of hydrogen-bond acceptors (Lipinski definition) is 6. The second kappa shape index (κ2) is 7.80. The Morgan fingerprint density at radius 2 is 1.75 bits per heavy atom. The van der Waals surface area contributed by atoms with Crippen molar-refractivity contribution in [2.75, 3.05) is 22.9 Å². The predicted octanol–water partition coefficient (Wildman–Crippen LogP) is 3.98. The Kier molecular flexibility index (Phi) is 5.06. The van der Waals surface area contributed by atoms with E-state index in [1.165, 1.54) is 6.07 Å². The lowest BCUT2D eigenvalue weighted by Crippen LogP contribution is -2.14. The standard InChI is InChI=1S/C21H23FN6/c1-13(14-7-3-2-4-8-14)25-21-27-19(23)26-20(28-21)24-12-15-11-17(15)16-9-5-6-10-18(16)22/h2-10,13,15,17H,11-12H2,1H3,(H4,23,24,25,26,27,28)/t13?,15-,17+/m0/s1. The van der Waals surface area contributed by atoms with E-state index in [2.05, 4.69) is 25.6 Å². The van der Waals surface area contributed by atoms with Crippen LogP contribution in [0.15, 0.2) is 54.6 Å². The predicted molar refractivity (Wildman–Crippen MR) is 108 cm³/mol. The van der Waals surface area contributed by atoms with Crippen LogP contribution in [0.4, 0.5) is 22.2 Å². The van der Waals surface area contributed by atoms with E-state index in [0.717, 1.165) is 17.5 Å². The molecular weight excluding hydrogens is 355 g/mol. The zero-order chi connectivity index (χ0) is 19.5. The molecule has 0 aliphatic heterocycles. The average molecular weight is 378 g/mol. The highest BCUT2D eigenvalue weighted by atomic mass is 19.1. The van der Waals surface area contributed by atoms with Crippen molar-refractivity contribution >= 4 is 17.8 Å². The van der Waals surface area contributed by atoms with Crippen LogP contribution in [0, 0.1) is 11.7 Å². The molecule has 4 N–H and O–H groups in total. The molecule has 3 atom stereocenters. The first-order chi connectivity index (χ1) is 13.6. The lowest BCUT2D eigenvalue weighted by molar-refractivity contribution is 0.606. The Morgan fingerprint density at radius 3 is 2.54 bits per heavy atom. The van der Waals surface area contributed by atoms with E-state index in [0.29, 0.717) is 24.4 Å². The Bertz CT molecular complexity index is 949. The summed E-state index contributed by atoms with van der Waals surface area (Å²) in [6.07, 6.45) is 0.949. The minimum absolute atomic E-state index is 0.0321. The van der Waals surface area contributed by atoms with Gasteiger partial charge in [0.05, 0.1) is 6.04 Å². The van der Waals surface area contributed by atoms with Crippen LogP contribution in [0.25, 0.3) is 0 Å². The van der Waals surface area contributed by atoms with E-state index in [4.69, 9.17) is 5.73 Å². The van der Waals surface area contributed by atoms with E-state index < -0.39 is 0 Å². The zero-order valence-electron chi connectivity index (χ0n) is 15.6. The van der Waals surface area contributed by atoms with Gasteiger partial charge in [-0.25, -0.2) is 4.39 Å². The third-order valence-electron chi connectivity index (χ3n) is 5.05. The van der Waals surface area contributed by atoms with E-state index in [9.17, 15) is 4.39 Å². The summed E-state index contributed by atoms with van der Waals surface area (Å²) in [5.41, 5.74) is 7.75. The summed E-state index contributed by atoms with van der Waals surface area (Å²) in [4.78, 5) is 12.7. The van der Waals surface area contributed by atoms with Gasteiger partial charge in [0.15, 0.2) is 0 Å². The molecule has 0 bridgehead atoms. The summed E-state index contributed by atoms with van der Waals surface area (Å²) >= 11 is 0. The molecule has 0 radical (unpaired) electrons. The summed E-state index contributed by atoms with van der Waals surface area (Å²) in [6.45, 7) is 2.70. The molecule has 3 aromatic rings. The maximum absolute atomic E-state index is 13.9.